The predicted octanol–water partition coefficient (Wildman–Crippen LogP) is 1.85. The fourth-order valence-electron chi connectivity index (χ4n) is 1.02. The summed E-state index contributed by atoms with van der Waals surface area (Å²) in [4.78, 5) is 4.19. The fourth-order valence-corrected chi connectivity index (χ4v) is 1.33. The number of nitrogens with two attached hydrogens (primary N) is 1. The quantitative estimate of drug-likeness (QED) is 0.860. The molecule has 0 aliphatic heterocycles. The molecule has 0 aliphatic carbocycles. The van der Waals surface area contributed by atoms with E-state index in [1.807, 2.05) is 6.92 Å². The molecule has 74 valence electrons. The highest BCUT2D eigenvalue weighted by molar-refractivity contribution is 9.10. The highest BCUT2D eigenvalue weighted by Gasteiger charge is 2.11. The van der Waals surface area contributed by atoms with Crippen molar-refractivity contribution in [2.45, 2.75) is 13.0 Å². The maximum Gasteiger partial charge on any atom is 0.217 e. The Morgan fingerprint density at radius 1 is 1.57 bits per heavy atom. The van der Waals surface area contributed by atoms with E-state index in [0.717, 1.165) is 0 Å². The second-order valence-electron chi connectivity index (χ2n) is 2.94. The third-order valence-electron chi connectivity index (χ3n) is 1.73. The molecule has 0 saturated carbocycles. The monoisotopic (exact) mass is 256 g/mol. The van der Waals surface area contributed by atoms with Gasteiger partial charge < -0.3 is 10.2 Å². The van der Waals surface area contributed by atoms with E-state index in [1.165, 1.54) is 0 Å². The Morgan fingerprint density at radius 2 is 2.36 bits per heavy atom. The van der Waals surface area contributed by atoms with E-state index in [9.17, 15) is 0 Å². The summed E-state index contributed by atoms with van der Waals surface area (Å²) in [5, 5.41) is 6.74. The van der Waals surface area contributed by atoms with Crippen molar-refractivity contribution in [2.75, 3.05) is 0 Å². The molecule has 0 spiro atoms. The Hall–Kier alpha value is -1.14. The molecular weight excluding hydrogens is 248 g/mol. The Bertz CT molecular complexity index is 434. The zero-order valence-corrected chi connectivity index (χ0v) is 9.08. The first kappa shape index (κ1) is 9.42. The number of furan rings is 1. The number of aromatic amines is 1. The van der Waals surface area contributed by atoms with Crippen LogP contribution >= 0.6 is 15.9 Å². The molecule has 0 saturated heterocycles. The van der Waals surface area contributed by atoms with Crippen molar-refractivity contribution in [2.24, 2.45) is 5.73 Å². The second kappa shape index (κ2) is 3.55. The van der Waals surface area contributed by atoms with Crippen molar-refractivity contribution in [1.82, 2.24) is 15.2 Å². The van der Waals surface area contributed by atoms with Crippen molar-refractivity contribution in [3.05, 3.63) is 22.6 Å². The SMILES string of the molecule is CC(N)c1nc(-c2ccc(Br)o2)n[nH]1. The van der Waals surface area contributed by atoms with Gasteiger partial charge in [-0.05, 0) is 35.0 Å². The molecule has 14 heavy (non-hydrogen) atoms. The average Bonchev–Trinajstić information content (AvgIpc) is 2.70. The molecule has 2 rings (SSSR count). The summed E-state index contributed by atoms with van der Waals surface area (Å²) in [6.45, 7) is 1.84. The Kier molecular flexibility index (Phi) is 2.39. The first-order chi connectivity index (χ1) is 6.66. The van der Waals surface area contributed by atoms with Gasteiger partial charge in [0.05, 0.1) is 6.04 Å². The van der Waals surface area contributed by atoms with Crippen LogP contribution in [0.3, 0.4) is 0 Å². The lowest BCUT2D eigenvalue weighted by atomic mass is 10.3. The van der Waals surface area contributed by atoms with Gasteiger partial charge in [0, 0.05) is 0 Å². The zero-order valence-electron chi connectivity index (χ0n) is 7.49. The number of hydrogen-bond acceptors (Lipinski definition) is 4. The summed E-state index contributed by atoms with van der Waals surface area (Å²) in [6.07, 6.45) is 0. The van der Waals surface area contributed by atoms with E-state index in [1.54, 1.807) is 12.1 Å². The molecule has 0 bridgehead atoms. The molecule has 5 nitrogen and oxygen atoms in total. The lowest BCUT2D eigenvalue weighted by molar-refractivity contribution is 0.551. The molecule has 2 aromatic heterocycles. The summed E-state index contributed by atoms with van der Waals surface area (Å²) in [5.74, 6) is 1.77. The van der Waals surface area contributed by atoms with Gasteiger partial charge in [0.1, 0.15) is 5.82 Å². The number of rotatable bonds is 2. The van der Waals surface area contributed by atoms with Crippen LogP contribution in [-0.4, -0.2) is 15.2 Å². The number of hydrogen-bond donors (Lipinski definition) is 2. The minimum atomic E-state index is -0.158. The first-order valence-electron chi connectivity index (χ1n) is 4.10. The number of halogens is 1. The highest BCUT2D eigenvalue weighted by Crippen LogP contribution is 2.22. The second-order valence-corrected chi connectivity index (χ2v) is 3.72. The largest absolute Gasteiger partial charge is 0.446 e. The molecule has 0 aromatic carbocycles. The smallest absolute Gasteiger partial charge is 0.217 e. The fraction of sp³-hybridized carbons (Fsp3) is 0.250. The summed E-state index contributed by atoms with van der Waals surface area (Å²) < 4.78 is 5.95. The molecule has 2 heterocycles. The summed E-state index contributed by atoms with van der Waals surface area (Å²) >= 11 is 3.21. The van der Waals surface area contributed by atoms with Gasteiger partial charge in [-0.3, -0.25) is 5.10 Å². The average molecular weight is 257 g/mol. The summed E-state index contributed by atoms with van der Waals surface area (Å²) in [5.41, 5.74) is 5.64. The van der Waals surface area contributed by atoms with Crippen LogP contribution in [0.2, 0.25) is 0 Å². The minimum Gasteiger partial charge on any atom is -0.446 e. The molecule has 0 aliphatic rings. The first-order valence-corrected chi connectivity index (χ1v) is 4.89. The van der Waals surface area contributed by atoms with E-state index in [2.05, 4.69) is 31.1 Å². The number of H-pyrrole nitrogens is 1. The van der Waals surface area contributed by atoms with Crippen molar-refractivity contribution < 1.29 is 4.42 Å². The van der Waals surface area contributed by atoms with Gasteiger partial charge in [0.2, 0.25) is 5.82 Å². The van der Waals surface area contributed by atoms with Crippen LogP contribution in [0.15, 0.2) is 21.2 Å². The van der Waals surface area contributed by atoms with Gasteiger partial charge in [-0.2, -0.15) is 0 Å². The third-order valence-corrected chi connectivity index (χ3v) is 2.15. The van der Waals surface area contributed by atoms with Gasteiger partial charge in [-0.25, -0.2) is 4.98 Å². The van der Waals surface area contributed by atoms with Gasteiger partial charge >= 0.3 is 0 Å². The maximum absolute atomic E-state index is 5.64. The maximum atomic E-state index is 5.64. The van der Waals surface area contributed by atoms with Gasteiger partial charge in [0.15, 0.2) is 10.4 Å². The van der Waals surface area contributed by atoms with Crippen molar-refractivity contribution in [3.63, 3.8) is 0 Å². The molecule has 0 amide bonds. The number of aromatic nitrogens is 3. The van der Waals surface area contributed by atoms with Crippen LogP contribution in [0.25, 0.3) is 11.6 Å². The van der Waals surface area contributed by atoms with E-state index in [4.69, 9.17) is 10.2 Å². The molecule has 3 N–H and O–H groups in total. The van der Waals surface area contributed by atoms with Crippen molar-refractivity contribution in [1.29, 1.82) is 0 Å². The Labute approximate surface area is 88.8 Å². The van der Waals surface area contributed by atoms with E-state index in [0.29, 0.717) is 22.1 Å². The van der Waals surface area contributed by atoms with Gasteiger partial charge in [-0.1, -0.05) is 0 Å². The number of nitrogens with one attached hydrogen (secondary N) is 1. The molecule has 6 heteroatoms. The lowest BCUT2D eigenvalue weighted by Gasteiger charge is -1.95. The molecule has 0 fully saturated rings. The van der Waals surface area contributed by atoms with Crippen LogP contribution in [0.1, 0.15) is 18.8 Å². The van der Waals surface area contributed by atoms with Crippen LogP contribution in [0.5, 0.6) is 0 Å². The van der Waals surface area contributed by atoms with E-state index >= 15 is 0 Å². The lowest BCUT2D eigenvalue weighted by Crippen LogP contribution is -2.06. The predicted molar refractivity (Wildman–Crippen MR) is 54.4 cm³/mol. The van der Waals surface area contributed by atoms with Crippen LogP contribution in [0, 0.1) is 0 Å². The molecule has 1 atom stereocenters. The van der Waals surface area contributed by atoms with E-state index in [-0.39, 0.29) is 6.04 Å². The van der Waals surface area contributed by atoms with Crippen LogP contribution in [0.4, 0.5) is 0 Å². The standard InChI is InChI=1S/C8H9BrN4O/c1-4(10)7-11-8(13-12-7)5-2-3-6(9)14-5/h2-4H,10H2,1H3,(H,11,12,13). The topological polar surface area (TPSA) is 80.7 Å². The highest BCUT2D eigenvalue weighted by atomic mass is 79.9. The summed E-state index contributed by atoms with van der Waals surface area (Å²) in [7, 11) is 0. The number of nitrogens with zero attached hydrogens (tertiary/aromatic N) is 2. The minimum absolute atomic E-state index is 0.158. The Morgan fingerprint density at radius 3 is 2.86 bits per heavy atom. The summed E-state index contributed by atoms with van der Waals surface area (Å²) in [6, 6.07) is 3.42. The van der Waals surface area contributed by atoms with E-state index < -0.39 is 0 Å². The normalized spacial score (nSPS) is 13.1. The van der Waals surface area contributed by atoms with Crippen molar-refractivity contribution in [3.8, 4) is 11.6 Å². The van der Waals surface area contributed by atoms with Gasteiger partial charge in [0.25, 0.3) is 0 Å². The third kappa shape index (κ3) is 1.71. The van der Waals surface area contributed by atoms with Crippen LogP contribution < -0.4 is 5.73 Å². The zero-order chi connectivity index (χ0) is 10.1. The van der Waals surface area contributed by atoms with Crippen molar-refractivity contribution >= 4 is 15.9 Å². The van der Waals surface area contributed by atoms with Crippen LogP contribution in [-0.2, 0) is 0 Å². The molecular formula is C8H9BrN4O. The molecule has 1 unspecified atom stereocenters. The molecule has 0 radical (unpaired) electrons. The Balaban J connectivity index is 2.33. The van der Waals surface area contributed by atoms with Gasteiger partial charge in [-0.15, -0.1) is 5.10 Å². The molecule has 2 aromatic rings.